The van der Waals surface area contributed by atoms with Gasteiger partial charge in [-0.15, -0.1) is 0 Å². The van der Waals surface area contributed by atoms with Gasteiger partial charge in [-0.1, -0.05) is 17.2 Å². The van der Waals surface area contributed by atoms with Gasteiger partial charge < -0.3 is 10.1 Å². The predicted molar refractivity (Wildman–Crippen MR) is 79.3 cm³/mol. The minimum absolute atomic E-state index is 0.759. The van der Waals surface area contributed by atoms with Gasteiger partial charge in [-0.05, 0) is 44.5 Å². The average Bonchev–Trinajstić information content (AvgIpc) is 2.71. The Morgan fingerprint density at radius 1 is 0.947 bits per heavy atom. The van der Waals surface area contributed by atoms with E-state index in [-0.39, 0.29) is 0 Å². The van der Waals surface area contributed by atoms with E-state index in [1.807, 2.05) is 29.8 Å². The molecule has 2 heterocycles. The van der Waals surface area contributed by atoms with Crippen molar-refractivity contribution in [2.75, 3.05) is 5.73 Å². The number of rotatable bonds is 1. The van der Waals surface area contributed by atoms with Gasteiger partial charge in [0.05, 0.1) is 5.69 Å². The first-order valence-corrected chi connectivity index (χ1v) is 6.36. The minimum Gasteiger partial charge on any atom is -0.398 e. The third-order valence-corrected chi connectivity index (χ3v) is 3.27. The van der Waals surface area contributed by atoms with Gasteiger partial charge in [-0.25, -0.2) is 4.98 Å². The zero-order valence-corrected chi connectivity index (χ0v) is 11.4. The Bertz CT molecular complexity index is 749. The van der Waals surface area contributed by atoms with E-state index in [4.69, 9.17) is 10.7 Å². The van der Waals surface area contributed by atoms with Gasteiger partial charge in [0.1, 0.15) is 5.65 Å². The van der Waals surface area contributed by atoms with E-state index in [0.717, 1.165) is 28.2 Å². The zero-order chi connectivity index (χ0) is 13.6. The van der Waals surface area contributed by atoms with Crippen LogP contribution in [-0.4, -0.2) is 9.38 Å². The first-order valence-electron chi connectivity index (χ1n) is 6.36. The molecule has 0 bridgehead atoms. The second-order valence-electron chi connectivity index (χ2n) is 5.19. The highest BCUT2D eigenvalue weighted by Crippen LogP contribution is 2.24. The third kappa shape index (κ3) is 2.08. The Hall–Kier alpha value is -2.29. The number of nitrogens with zero attached hydrogens (tertiary/aromatic N) is 2. The van der Waals surface area contributed by atoms with E-state index in [0.29, 0.717) is 0 Å². The number of hydrogen-bond donors (Lipinski definition) is 1. The highest BCUT2D eigenvalue weighted by molar-refractivity contribution is 5.66. The van der Waals surface area contributed by atoms with Crippen LogP contribution in [0.25, 0.3) is 16.9 Å². The molecule has 96 valence electrons. The van der Waals surface area contributed by atoms with Gasteiger partial charge in [0.2, 0.25) is 0 Å². The fourth-order valence-corrected chi connectivity index (χ4v) is 2.56. The van der Waals surface area contributed by atoms with Crippen molar-refractivity contribution >= 4 is 11.3 Å². The number of hydrogen-bond acceptors (Lipinski definition) is 2. The Morgan fingerprint density at radius 2 is 1.63 bits per heavy atom. The molecule has 0 unspecified atom stereocenters. The van der Waals surface area contributed by atoms with Crippen LogP contribution in [0.15, 0.2) is 36.7 Å². The normalized spacial score (nSPS) is 11.1. The van der Waals surface area contributed by atoms with Crippen molar-refractivity contribution in [3.8, 4) is 11.3 Å². The van der Waals surface area contributed by atoms with Crippen LogP contribution >= 0.6 is 0 Å². The number of nitrogen functional groups attached to an aromatic ring is 1. The lowest BCUT2D eigenvalue weighted by Crippen LogP contribution is -1.92. The molecule has 0 amide bonds. The van der Waals surface area contributed by atoms with Gasteiger partial charge >= 0.3 is 0 Å². The van der Waals surface area contributed by atoms with Crippen LogP contribution in [0, 0.1) is 20.8 Å². The predicted octanol–water partition coefficient (Wildman–Crippen LogP) is 3.51. The van der Waals surface area contributed by atoms with Crippen molar-refractivity contribution in [2.45, 2.75) is 20.8 Å². The number of aromatic nitrogens is 2. The third-order valence-electron chi connectivity index (χ3n) is 3.27. The summed E-state index contributed by atoms with van der Waals surface area (Å²) in [5, 5.41) is 0. The lowest BCUT2D eigenvalue weighted by molar-refractivity contribution is 1.17. The number of aryl methyl sites for hydroxylation is 3. The molecule has 3 rings (SSSR count). The molecular weight excluding hydrogens is 234 g/mol. The van der Waals surface area contributed by atoms with Crippen molar-refractivity contribution in [2.24, 2.45) is 0 Å². The fraction of sp³-hybridized carbons (Fsp3) is 0.188. The number of fused-ring (bicyclic) bond motifs is 1. The van der Waals surface area contributed by atoms with Crippen LogP contribution in [0.3, 0.4) is 0 Å². The molecule has 0 saturated heterocycles. The van der Waals surface area contributed by atoms with Gasteiger partial charge in [0.25, 0.3) is 0 Å². The number of imidazole rings is 1. The lowest BCUT2D eigenvalue weighted by Gasteiger charge is -2.01. The van der Waals surface area contributed by atoms with Crippen LogP contribution in [0.5, 0.6) is 0 Å². The molecule has 3 aromatic rings. The van der Waals surface area contributed by atoms with Crippen molar-refractivity contribution in [1.82, 2.24) is 9.38 Å². The summed E-state index contributed by atoms with van der Waals surface area (Å²) in [5.41, 5.74) is 13.3. The van der Waals surface area contributed by atoms with Crippen LogP contribution < -0.4 is 5.73 Å². The molecule has 19 heavy (non-hydrogen) atoms. The van der Waals surface area contributed by atoms with E-state index in [9.17, 15) is 0 Å². The molecule has 1 aromatic carbocycles. The first-order chi connectivity index (χ1) is 9.02. The van der Waals surface area contributed by atoms with Crippen molar-refractivity contribution in [3.05, 3.63) is 53.3 Å². The second kappa shape index (κ2) is 4.12. The second-order valence-corrected chi connectivity index (χ2v) is 5.19. The Labute approximate surface area is 112 Å². The van der Waals surface area contributed by atoms with Gasteiger partial charge in [-0.3, -0.25) is 0 Å². The molecule has 0 aliphatic heterocycles. The molecule has 0 aliphatic carbocycles. The van der Waals surface area contributed by atoms with E-state index >= 15 is 0 Å². The summed E-state index contributed by atoms with van der Waals surface area (Å²) in [4.78, 5) is 4.71. The van der Waals surface area contributed by atoms with Crippen LogP contribution in [0.1, 0.15) is 16.7 Å². The first kappa shape index (κ1) is 11.8. The molecule has 0 aliphatic rings. The summed E-state index contributed by atoms with van der Waals surface area (Å²) < 4.78 is 2.00. The molecular formula is C16H17N3. The summed E-state index contributed by atoms with van der Waals surface area (Å²) in [7, 11) is 0. The molecule has 2 aromatic heterocycles. The van der Waals surface area contributed by atoms with Crippen LogP contribution in [-0.2, 0) is 0 Å². The van der Waals surface area contributed by atoms with Crippen LogP contribution in [0.2, 0.25) is 0 Å². The summed E-state index contributed by atoms with van der Waals surface area (Å²) in [6.45, 7) is 6.25. The fourth-order valence-electron chi connectivity index (χ4n) is 2.56. The summed E-state index contributed by atoms with van der Waals surface area (Å²) >= 11 is 0. The quantitative estimate of drug-likeness (QED) is 0.719. The Kier molecular flexibility index (Phi) is 2.56. The molecule has 0 radical (unpaired) electrons. The molecule has 2 N–H and O–H groups in total. The van der Waals surface area contributed by atoms with E-state index < -0.39 is 0 Å². The zero-order valence-electron chi connectivity index (χ0n) is 11.4. The maximum absolute atomic E-state index is 5.87. The molecule has 3 heteroatoms. The van der Waals surface area contributed by atoms with Gasteiger partial charge in [-0.2, -0.15) is 0 Å². The molecule has 0 atom stereocenters. The topological polar surface area (TPSA) is 43.3 Å². The van der Waals surface area contributed by atoms with Gasteiger partial charge in [0.15, 0.2) is 0 Å². The standard InChI is InChI=1S/C16H17N3/c1-10-4-11(2)6-13(5-10)15-9-19-8-14(17)7-12(3)16(19)18-15/h4-9H,17H2,1-3H3. The van der Waals surface area contributed by atoms with Crippen LogP contribution in [0.4, 0.5) is 5.69 Å². The number of benzene rings is 1. The van der Waals surface area contributed by atoms with E-state index in [1.165, 1.54) is 11.1 Å². The van der Waals surface area contributed by atoms with E-state index in [2.05, 4.69) is 32.0 Å². The van der Waals surface area contributed by atoms with E-state index in [1.54, 1.807) is 0 Å². The summed E-state index contributed by atoms with van der Waals surface area (Å²) in [6.07, 6.45) is 3.94. The highest BCUT2D eigenvalue weighted by Gasteiger charge is 2.07. The Morgan fingerprint density at radius 3 is 2.32 bits per heavy atom. The molecule has 0 spiro atoms. The SMILES string of the molecule is Cc1cc(C)cc(-c2cn3cc(N)cc(C)c3n2)c1. The van der Waals surface area contributed by atoms with Crippen molar-refractivity contribution < 1.29 is 0 Å². The molecule has 3 nitrogen and oxygen atoms in total. The maximum Gasteiger partial charge on any atom is 0.140 e. The molecule has 0 fully saturated rings. The van der Waals surface area contributed by atoms with Crippen molar-refractivity contribution in [1.29, 1.82) is 0 Å². The number of nitrogens with two attached hydrogens (primary N) is 1. The monoisotopic (exact) mass is 251 g/mol. The highest BCUT2D eigenvalue weighted by atomic mass is 15.0. The smallest absolute Gasteiger partial charge is 0.140 e. The summed E-state index contributed by atoms with van der Waals surface area (Å²) in [6, 6.07) is 8.44. The average molecular weight is 251 g/mol. The summed E-state index contributed by atoms with van der Waals surface area (Å²) in [5.74, 6) is 0. The minimum atomic E-state index is 0.759. The van der Waals surface area contributed by atoms with Gasteiger partial charge in [0, 0.05) is 23.6 Å². The Balaban J connectivity index is 2.23. The lowest BCUT2D eigenvalue weighted by atomic mass is 10.1. The largest absolute Gasteiger partial charge is 0.398 e. The van der Waals surface area contributed by atoms with Crippen molar-refractivity contribution in [3.63, 3.8) is 0 Å². The number of pyridine rings is 1. The maximum atomic E-state index is 5.87. The molecule has 0 saturated carbocycles. The number of anilines is 1.